The third-order valence-corrected chi connectivity index (χ3v) is 7.86. The molecular weight excluding hydrogens is 450 g/mol. The molecule has 3 rings (SSSR count). The van der Waals surface area contributed by atoms with E-state index in [2.05, 4.69) is 10.6 Å². The summed E-state index contributed by atoms with van der Waals surface area (Å²) in [6, 6.07) is 13.0. The van der Waals surface area contributed by atoms with Gasteiger partial charge in [0.15, 0.2) is 0 Å². The minimum absolute atomic E-state index is 0.0261. The third kappa shape index (κ3) is 5.68. The lowest BCUT2D eigenvalue weighted by atomic mass is 9.97. The zero-order valence-electron chi connectivity index (χ0n) is 18.2. The fraction of sp³-hybridized carbons (Fsp3) is 0.391. The number of hydrogen-bond acceptors (Lipinski definition) is 4. The Kier molecular flexibility index (Phi) is 7.92. The van der Waals surface area contributed by atoms with Crippen molar-refractivity contribution in [2.45, 2.75) is 44.0 Å². The zero-order valence-corrected chi connectivity index (χ0v) is 19.7. The Labute approximate surface area is 194 Å². The second-order valence-electron chi connectivity index (χ2n) is 7.95. The topological polar surface area (TPSA) is 95.6 Å². The molecule has 1 fully saturated rings. The monoisotopic (exact) mass is 477 g/mol. The Morgan fingerprint density at radius 2 is 1.72 bits per heavy atom. The molecule has 0 spiro atoms. The van der Waals surface area contributed by atoms with Gasteiger partial charge in [-0.3, -0.25) is 9.59 Å². The van der Waals surface area contributed by atoms with Crippen molar-refractivity contribution in [3.8, 4) is 0 Å². The molecule has 2 aromatic carbocycles. The number of benzene rings is 2. The highest BCUT2D eigenvalue weighted by atomic mass is 35.5. The molecule has 1 aliphatic rings. The smallest absolute Gasteiger partial charge is 0.253 e. The normalized spacial score (nSPS) is 16.3. The van der Waals surface area contributed by atoms with Crippen molar-refractivity contribution in [2.24, 2.45) is 5.92 Å². The average molecular weight is 478 g/mol. The van der Waals surface area contributed by atoms with E-state index in [-0.39, 0.29) is 41.8 Å². The van der Waals surface area contributed by atoms with Crippen molar-refractivity contribution in [3.05, 3.63) is 59.1 Å². The van der Waals surface area contributed by atoms with Crippen molar-refractivity contribution < 1.29 is 18.0 Å². The second kappa shape index (κ2) is 10.5. The van der Waals surface area contributed by atoms with Crippen LogP contribution in [0.3, 0.4) is 0 Å². The van der Waals surface area contributed by atoms with Crippen LogP contribution in [0.25, 0.3) is 0 Å². The van der Waals surface area contributed by atoms with Crippen LogP contribution in [0, 0.1) is 5.92 Å². The van der Waals surface area contributed by atoms with E-state index in [0.717, 1.165) is 6.42 Å². The van der Waals surface area contributed by atoms with E-state index in [1.165, 1.54) is 16.4 Å². The summed E-state index contributed by atoms with van der Waals surface area (Å²) >= 11 is 5.85. The van der Waals surface area contributed by atoms with Crippen LogP contribution >= 0.6 is 11.6 Å². The molecule has 1 atom stereocenters. The van der Waals surface area contributed by atoms with E-state index in [1.807, 2.05) is 13.8 Å². The number of nitrogens with zero attached hydrogens (tertiary/aromatic N) is 1. The SMILES string of the molecule is CCC(C)NC(=O)c1ccccc1NC(=O)C1CCN(S(=O)(=O)c2ccc(Cl)cc2)CC1. The number of nitrogens with one attached hydrogen (secondary N) is 2. The van der Waals surface area contributed by atoms with Gasteiger partial charge in [0.05, 0.1) is 16.1 Å². The van der Waals surface area contributed by atoms with Crippen molar-refractivity contribution in [1.82, 2.24) is 9.62 Å². The highest BCUT2D eigenvalue weighted by molar-refractivity contribution is 7.89. The van der Waals surface area contributed by atoms with Gasteiger partial charge < -0.3 is 10.6 Å². The van der Waals surface area contributed by atoms with Gasteiger partial charge in [0.1, 0.15) is 0 Å². The lowest BCUT2D eigenvalue weighted by Gasteiger charge is -2.30. The molecular formula is C23H28ClN3O4S. The van der Waals surface area contributed by atoms with Crippen LogP contribution in [-0.2, 0) is 14.8 Å². The zero-order chi connectivity index (χ0) is 23.3. The molecule has 1 aliphatic heterocycles. The average Bonchev–Trinajstić information content (AvgIpc) is 2.79. The second-order valence-corrected chi connectivity index (χ2v) is 10.3. The van der Waals surface area contributed by atoms with E-state index in [4.69, 9.17) is 11.6 Å². The summed E-state index contributed by atoms with van der Waals surface area (Å²) in [5, 5.41) is 6.24. The summed E-state index contributed by atoms with van der Waals surface area (Å²) in [6.07, 6.45) is 1.61. The number of hydrogen-bond donors (Lipinski definition) is 2. The molecule has 1 saturated heterocycles. The summed E-state index contributed by atoms with van der Waals surface area (Å²) < 4.78 is 27.1. The molecule has 2 N–H and O–H groups in total. The molecule has 2 amide bonds. The molecule has 0 aromatic heterocycles. The maximum atomic E-state index is 12.9. The Balaban J connectivity index is 1.63. The molecule has 0 aliphatic carbocycles. The van der Waals surface area contributed by atoms with Crippen LogP contribution in [0.4, 0.5) is 5.69 Å². The van der Waals surface area contributed by atoms with Crippen LogP contribution in [-0.4, -0.2) is 43.7 Å². The first-order chi connectivity index (χ1) is 15.2. The summed E-state index contributed by atoms with van der Waals surface area (Å²) in [5.74, 6) is -0.784. The highest BCUT2D eigenvalue weighted by Gasteiger charge is 2.32. The quantitative estimate of drug-likeness (QED) is 0.632. The van der Waals surface area contributed by atoms with Gasteiger partial charge in [-0.2, -0.15) is 4.31 Å². The van der Waals surface area contributed by atoms with Gasteiger partial charge in [-0.25, -0.2) is 8.42 Å². The van der Waals surface area contributed by atoms with Gasteiger partial charge in [-0.15, -0.1) is 0 Å². The van der Waals surface area contributed by atoms with Crippen molar-refractivity contribution in [3.63, 3.8) is 0 Å². The minimum atomic E-state index is -3.63. The Morgan fingerprint density at radius 1 is 1.09 bits per heavy atom. The number of amides is 2. The van der Waals surface area contributed by atoms with Crippen molar-refractivity contribution in [1.29, 1.82) is 0 Å². The molecule has 9 heteroatoms. The van der Waals surface area contributed by atoms with Gasteiger partial charge in [0, 0.05) is 30.1 Å². The molecule has 2 aromatic rings. The number of anilines is 1. The van der Waals surface area contributed by atoms with Crippen LogP contribution < -0.4 is 10.6 Å². The first kappa shape index (κ1) is 24.2. The molecule has 172 valence electrons. The molecule has 32 heavy (non-hydrogen) atoms. The fourth-order valence-corrected chi connectivity index (χ4v) is 5.14. The van der Waals surface area contributed by atoms with Crippen LogP contribution in [0.2, 0.25) is 5.02 Å². The van der Waals surface area contributed by atoms with E-state index < -0.39 is 10.0 Å². The minimum Gasteiger partial charge on any atom is -0.350 e. The highest BCUT2D eigenvalue weighted by Crippen LogP contribution is 2.26. The standard InChI is InChI=1S/C23H28ClN3O4S/c1-3-16(2)25-23(29)20-6-4-5-7-21(20)26-22(28)17-12-14-27(15-13-17)32(30,31)19-10-8-18(24)9-11-19/h4-11,16-17H,3,12-15H2,1-2H3,(H,25,29)(H,26,28). The lowest BCUT2D eigenvalue weighted by molar-refractivity contribution is -0.120. The van der Waals surface area contributed by atoms with Gasteiger partial charge >= 0.3 is 0 Å². The largest absolute Gasteiger partial charge is 0.350 e. The van der Waals surface area contributed by atoms with E-state index in [0.29, 0.717) is 29.1 Å². The first-order valence-electron chi connectivity index (χ1n) is 10.7. The van der Waals surface area contributed by atoms with Crippen LogP contribution in [0.1, 0.15) is 43.5 Å². The molecule has 0 radical (unpaired) electrons. The number of carbonyl (C=O) groups excluding carboxylic acids is 2. The Bertz CT molecular complexity index is 1060. The molecule has 1 heterocycles. The summed E-state index contributed by atoms with van der Waals surface area (Å²) in [7, 11) is -3.63. The van der Waals surface area contributed by atoms with Crippen LogP contribution in [0.15, 0.2) is 53.4 Å². The van der Waals surface area contributed by atoms with Crippen LogP contribution in [0.5, 0.6) is 0 Å². The van der Waals surface area contributed by atoms with Gasteiger partial charge in [-0.1, -0.05) is 30.7 Å². The summed E-state index contributed by atoms with van der Waals surface area (Å²) in [5.41, 5.74) is 0.860. The van der Waals surface area contributed by atoms with Crippen molar-refractivity contribution in [2.75, 3.05) is 18.4 Å². The van der Waals surface area contributed by atoms with Gasteiger partial charge in [0.25, 0.3) is 5.91 Å². The summed E-state index contributed by atoms with van der Waals surface area (Å²) in [6.45, 7) is 4.40. The van der Waals surface area contributed by atoms with E-state index in [1.54, 1.807) is 36.4 Å². The fourth-order valence-electron chi connectivity index (χ4n) is 3.54. The molecule has 7 nitrogen and oxygen atoms in total. The predicted molar refractivity (Wildman–Crippen MR) is 125 cm³/mol. The number of carbonyl (C=O) groups is 2. The number of halogens is 1. The maximum Gasteiger partial charge on any atom is 0.253 e. The summed E-state index contributed by atoms with van der Waals surface area (Å²) in [4.78, 5) is 25.6. The maximum absolute atomic E-state index is 12.9. The number of para-hydroxylation sites is 1. The number of rotatable bonds is 7. The predicted octanol–water partition coefficient (Wildman–Crippen LogP) is 3.91. The van der Waals surface area contributed by atoms with E-state index in [9.17, 15) is 18.0 Å². The van der Waals surface area contributed by atoms with Gasteiger partial charge in [-0.05, 0) is 62.6 Å². The Hall–Kier alpha value is -2.42. The molecule has 0 saturated carbocycles. The lowest BCUT2D eigenvalue weighted by Crippen LogP contribution is -2.41. The van der Waals surface area contributed by atoms with E-state index >= 15 is 0 Å². The van der Waals surface area contributed by atoms with Gasteiger partial charge in [0.2, 0.25) is 15.9 Å². The molecule has 0 bridgehead atoms. The van der Waals surface area contributed by atoms with Crippen molar-refractivity contribution >= 4 is 39.1 Å². The number of sulfonamides is 1. The number of piperidine rings is 1. The Morgan fingerprint density at radius 3 is 2.34 bits per heavy atom. The first-order valence-corrected chi connectivity index (χ1v) is 12.5. The third-order valence-electron chi connectivity index (χ3n) is 5.70. The molecule has 1 unspecified atom stereocenters.